The molecule has 0 fully saturated rings. The van der Waals surface area contributed by atoms with E-state index < -0.39 is 0 Å². The van der Waals surface area contributed by atoms with Gasteiger partial charge in [0, 0.05) is 26.3 Å². The highest BCUT2D eigenvalue weighted by atomic mass is 79.9. The number of nitrogens with one attached hydrogen (secondary N) is 1. The molecule has 33 heavy (non-hydrogen) atoms. The fourth-order valence-corrected chi connectivity index (χ4v) is 4.50. The number of halogens is 2. The molecule has 0 saturated heterocycles. The lowest BCUT2D eigenvalue weighted by Gasteiger charge is -2.13. The molecule has 0 saturated carbocycles. The maximum Gasteiger partial charge on any atom is 0.234 e. The van der Waals surface area contributed by atoms with Gasteiger partial charge in [-0.1, -0.05) is 87.8 Å². The highest BCUT2D eigenvalue weighted by Crippen LogP contribution is 2.34. The van der Waals surface area contributed by atoms with E-state index in [9.17, 15) is 10.1 Å². The van der Waals surface area contributed by atoms with Crippen molar-refractivity contribution in [3.05, 3.63) is 100.0 Å². The Labute approximate surface area is 209 Å². The molecular formula is C26H17BrClN3OS. The number of thioether (sulfide) groups is 1. The zero-order valence-corrected chi connectivity index (χ0v) is 20.4. The van der Waals surface area contributed by atoms with E-state index in [4.69, 9.17) is 16.6 Å². The number of nitrogens with zero attached hydrogens (tertiary/aromatic N) is 2. The summed E-state index contributed by atoms with van der Waals surface area (Å²) in [6.07, 6.45) is 0. The largest absolute Gasteiger partial charge is 0.325 e. The Morgan fingerprint density at radius 3 is 2.45 bits per heavy atom. The summed E-state index contributed by atoms with van der Waals surface area (Å²) in [5.74, 6) is -0.102. The van der Waals surface area contributed by atoms with Crippen molar-refractivity contribution in [1.29, 1.82) is 5.26 Å². The van der Waals surface area contributed by atoms with Crippen LogP contribution in [0, 0.1) is 11.3 Å². The summed E-state index contributed by atoms with van der Waals surface area (Å²) < 4.78 is 0.968. The van der Waals surface area contributed by atoms with Crippen LogP contribution in [0.4, 0.5) is 5.69 Å². The molecule has 1 N–H and O–H groups in total. The summed E-state index contributed by atoms with van der Waals surface area (Å²) in [4.78, 5) is 17.3. The number of pyridine rings is 1. The van der Waals surface area contributed by atoms with Crippen LogP contribution in [0.2, 0.25) is 5.02 Å². The van der Waals surface area contributed by atoms with Gasteiger partial charge in [-0.15, -0.1) is 0 Å². The zero-order valence-electron chi connectivity index (χ0n) is 17.3. The Morgan fingerprint density at radius 1 is 1.00 bits per heavy atom. The van der Waals surface area contributed by atoms with Gasteiger partial charge >= 0.3 is 0 Å². The number of anilines is 1. The van der Waals surface area contributed by atoms with Crippen molar-refractivity contribution in [1.82, 2.24) is 4.98 Å². The summed E-state index contributed by atoms with van der Waals surface area (Å²) >= 11 is 10.7. The molecule has 4 aromatic rings. The predicted octanol–water partition coefficient (Wildman–Crippen LogP) is 7.43. The first-order chi connectivity index (χ1) is 16.0. The van der Waals surface area contributed by atoms with E-state index in [1.807, 2.05) is 60.7 Å². The third-order valence-electron chi connectivity index (χ3n) is 4.77. The van der Waals surface area contributed by atoms with Crippen molar-refractivity contribution in [2.75, 3.05) is 11.1 Å². The minimum Gasteiger partial charge on any atom is -0.325 e. The predicted molar refractivity (Wildman–Crippen MR) is 138 cm³/mol. The van der Waals surface area contributed by atoms with Crippen LogP contribution in [0.3, 0.4) is 0 Å². The normalized spacial score (nSPS) is 10.5. The van der Waals surface area contributed by atoms with Crippen LogP contribution in [0.25, 0.3) is 22.4 Å². The van der Waals surface area contributed by atoms with Crippen LogP contribution >= 0.6 is 39.3 Å². The molecule has 1 aromatic heterocycles. The fraction of sp³-hybridized carbons (Fsp3) is 0.0385. The molecule has 7 heteroatoms. The molecule has 1 amide bonds. The van der Waals surface area contributed by atoms with Gasteiger partial charge < -0.3 is 5.32 Å². The van der Waals surface area contributed by atoms with Gasteiger partial charge in [-0.3, -0.25) is 4.79 Å². The van der Waals surface area contributed by atoms with Gasteiger partial charge in [-0.2, -0.15) is 5.26 Å². The van der Waals surface area contributed by atoms with Crippen LogP contribution in [0.15, 0.2) is 94.4 Å². The highest BCUT2D eigenvalue weighted by Gasteiger charge is 2.17. The van der Waals surface area contributed by atoms with Crippen LogP contribution in [-0.2, 0) is 4.79 Å². The Hall–Kier alpha value is -3.11. The lowest BCUT2D eigenvalue weighted by Crippen LogP contribution is -2.14. The van der Waals surface area contributed by atoms with Crippen molar-refractivity contribution in [2.24, 2.45) is 0 Å². The first-order valence-electron chi connectivity index (χ1n) is 9.98. The Balaban J connectivity index is 1.68. The lowest BCUT2D eigenvalue weighted by atomic mass is 9.99. The Kier molecular flexibility index (Phi) is 7.46. The maximum atomic E-state index is 12.6. The number of rotatable bonds is 6. The van der Waals surface area contributed by atoms with Gasteiger partial charge in [0.15, 0.2) is 0 Å². The van der Waals surface area contributed by atoms with Gasteiger partial charge in [-0.25, -0.2) is 4.98 Å². The highest BCUT2D eigenvalue weighted by molar-refractivity contribution is 9.10. The molecule has 0 atom stereocenters. The second kappa shape index (κ2) is 10.7. The third kappa shape index (κ3) is 5.82. The van der Waals surface area contributed by atoms with E-state index in [1.54, 1.807) is 24.3 Å². The topological polar surface area (TPSA) is 65.8 Å². The van der Waals surface area contributed by atoms with Gasteiger partial charge in [0.05, 0.1) is 17.0 Å². The standard InChI is InChI=1S/C26H17BrClN3OS/c27-19-11-9-18(10-12-19)24-14-22(17-5-2-1-3-6-17)23(15-29)26(31-24)33-16-25(32)30-21-8-4-7-20(28)13-21/h1-14H,16H2,(H,30,32). The molecule has 0 spiro atoms. The average Bonchev–Trinajstić information content (AvgIpc) is 2.83. The zero-order chi connectivity index (χ0) is 23.2. The van der Waals surface area contributed by atoms with Gasteiger partial charge in [0.2, 0.25) is 5.91 Å². The van der Waals surface area contributed by atoms with E-state index in [0.717, 1.165) is 26.9 Å². The van der Waals surface area contributed by atoms with Gasteiger partial charge in [0.25, 0.3) is 0 Å². The van der Waals surface area contributed by atoms with E-state index in [0.29, 0.717) is 21.3 Å². The van der Waals surface area contributed by atoms with Crippen LogP contribution in [-0.4, -0.2) is 16.6 Å². The summed E-state index contributed by atoms with van der Waals surface area (Å²) in [6.45, 7) is 0. The number of carbonyl (C=O) groups excluding carboxylic acids is 1. The van der Waals surface area contributed by atoms with Gasteiger partial charge in [-0.05, 0) is 42.0 Å². The molecule has 162 valence electrons. The number of hydrogen-bond acceptors (Lipinski definition) is 4. The average molecular weight is 535 g/mol. The SMILES string of the molecule is N#Cc1c(-c2ccccc2)cc(-c2ccc(Br)cc2)nc1SCC(=O)Nc1cccc(Cl)c1. The number of amides is 1. The Morgan fingerprint density at radius 2 is 1.76 bits per heavy atom. The Bertz CT molecular complexity index is 1340. The maximum absolute atomic E-state index is 12.6. The number of aromatic nitrogens is 1. The molecule has 4 rings (SSSR count). The molecule has 0 aliphatic rings. The number of hydrogen-bond donors (Lipinski definition) is 1. The molecule has 0 aliphatic heterocycles. The second-order valence-electron chi connectivity index (χ2n) is 7.07. The van der Waals surface area contributed by atoms with Crippen molar-refractivity contribution < 1.29 is 4.79 Å². The van der Waals surface area contributed by atoms with Crippen LogP contribution in [0.1, 0.15) is 5.56 Å². The molecule has 0 radical (unpaired) electrons. The second-order valence-corrected chi connectivity index (χ2v) is 9.38. The molecule has 0 unspecified atom stereocenters. The summed E-state index contributed by atoms with van der Waals surface area (Å²) in [5, 5.41) is 13.9. The smallest absolute Gasteiger partial charge is 0.234 e. The van der Waals surface area contributed by atoms with E-state index in [1.165, 1.54) is 11.8 Å². The molecule has 0 aliphatic carbocycles. The van der Waals surface area contributed by atoms with Crippen molar-refractivity contribution >= 4 is 50.9 Å². The molecule has 1 heterocycles. The molecule has 0 bridgehead atoms. The monoisotopic (exact) mass is 533 g/mol. The van der Waals surface area contributed by atoms with E-state index in [2.05, 4.69) is 27.3 Å². The van der Waals surface area contributed by atoms with E-state index in [-0.39, 0.29) is 11.7 Å². The minimum atomic E-state index is -0.205. The van der Waals surface area contributed by atoms with Crippen molar-refractivity contribution in [2.45, 2.75) is 5.03 Å². The lowest BCUT2D eigenvalue weighted by molar-refractivity contribution is -0.113. The summed E-state index contributed by atoms with van der Waals surface area (Å²) in [5.41, 5.74) is 4.42. The quantitative estimate of drug-likeness (QED) is 0.261. The molecular weight excluding hydrogens is 518 g/mol. The van der Waals surface area contributed by atoms with Crippen LogP contribution in [0.5, 0.6) is 0 Å². The molecule has 3 aromatic carbocycles. The first-order valence-corrected chi connectivity index (χ1v) is 12.1. The van der Waals surface area contributed by atoms with E-state index >= 15 is 0 Å². The fourth-order valence-electron chi connectivity index (χ4n) is 3.25. The summed E-state index contributed by atoms with van der Waals surface area (Å²) in [6, 6.07) is 28.7. The van der Waals surface area contributed by atoms with Crippen LogP contribution < -0.4 is 5.32 Å². The summed E-state index contributed by atoms with van der Waals surface area (Å²) in [7, 11) is 0. The molecule has 4 nitrogen and oxygen atoms in total. The number of benzene rings is 3. The number of nitriles is 1. The number of carbonyl (C=O) groups is 1. The first kappa shape index (κ1) is 23.1. The van der Waals surface area contributed by atoms with Gasteiger partial charge in [0.1, 0.15) is 11.1 Å². The third-order valence-corrected chi connectivity index (χ3v) is 6.51. The van der Waals surface area contributed by atoms with Crippen molar-refractivity contribution in [3.8, 4) is 28.5 Å². The van der Waals surface area contributed by atoms with Crippen molar-refractivity contribution in [3.63, 3.8) is 0 Å². The minimum absolute atomic E-state index is 0.103.